The smallest absolute Gasteiger partial charge is 0.214 e. The van der Waals surface area contributed by atoms with Crippen molar-refractivity contribution in [3.05, 3.63) is 71.8 Å². The highest BCUT2D eigenvalue weighted by Gasteiger charge is 2.24. The minimum Gasteiger partial charge on any atom is -0.456 e. The van der Waals surface area contributed by atoms with Gasteiger partial charge in [-0.3, -0.25) is 0 Å². The van der Waals surface area contributed by atoms with Crippen LogP contribution in [0.2, 0.25) is 19.6 Å². The van der Waals surface area contributed by atoms with Crippen LogP contribution >= 0.6 is 0 Å². The summed E-state index contributed by atoms with van der Waals surface area (Å²) in [5, 5.41) is 5.24. The van der Waals surface area contributed by atoms with Crippen LogP contribution in [0.25, 0.3) is 44.1 Å². The van der Waals surface area contributed by atoms with Crippen LogP contribution in [-0.4, -0.2) is 8.07 Å². The van der Waals surface area contributed by atoms with E-state index >= 15 is 0 Å². The van der Waals surface area contributed by atoms with Crippen molar-refractivity contribution in [1.29, 1.82) is 0 Å². The maximum atomic E-state index is 6.18. The van der Waals surface area contributed by atoms with Crippen LogP contribution in [-0.2, 0) is 7.05 Å². The van der Waals surface area contributed by atoms with E-state index in [1.807, 2.05) is 6.07 Å². The standard InChI is InChI=1S/C27H28NOSi/c1-17-11-14-25-27(20-9-7-8-10-24(20)29-25)26(17)23-15-18(2)21-16-19(30(4,5)6)12-13-22(21)28(23)3/h7-16H,1-6H3/q+1. The Kier molecular flexibility index (Phi) is 4.16. The third-order valence-corrected chi connectivity index (χ3v) is 8.41. The van der Waals surface area contributed by atoms with Gasteiger partial charge in [0.1, 0.15) is 18.2 Å². The van der Waals surface area contributed by atoms with Crippen LogP contribution < -0.4 is 9.75 Å². The number of hydrogen-bond acceptors (Lipinski definition) is 1. The summed E-state index contributed by atoms with van der Waals surface area (Å²) in [4.78, 5) is 0. The van der Waals surface area contributed by atoms with E-state index in [9.17, 15) is 0 Å². The lowest BCUT2D eigenvalue weighted by Crippen LogP contribution is -2.39. The largest absolute Gasteiger partial charge is 0.456 e. The van der Waals surface area contributed by atoms with Gasteiger partial charge in [0.2, 0.25) is 11.2 Å². The molecule has 0 aliphatic heterocycles. The Balaban J connectivity index is 1.87. The molecule has 0 fully saturated rings. The number of aromatic nitrogens is 1. The Morgan fingerprint density at radius 2 is 1.53 bits per heavy atom. The molecule has 0 amide bonds. The van der Waals surface area contributed by atoms with Gasteiger partial charge in [-0.05, 0) is 43.2 Å². The first-order chi connectivity index (χ1) is 14.3. The molecule has 2 nitrogen and oxygen atoms in total. The number of pyridine rings is 1. The molecule has 0 spiro atoms. The van der Waals surface area contributed by atoms with Crippen molar-refractivity contribution < 1.29 is 8.98 Å². The summed E-state index contributed by atoms with van der Waals surface area (Å²) in [6, 6.07) is 22.0. The van der Waals surface area contributed by atoms with Crippen molar-refractivity contribution in [1.82, 2.24) is 0 Å². The predicted molar refractivity (Wildman–Crippen MR) is 130 cm³/mol. The topological polar surface area (TPSA) is 17.0 Å². The molecule has 0 atom stereocenters. The SMILES string of the molecule is Cc1ccc2oc3ccccc3c2c1-c1cc(C)c2cc([Si](C)(C)C)ccc2[n+]1C. The molecule has 5 aromatic rings. The fourth-order valence-electron chi connectivity index (χ4n) is 4.61. The zero-order valence-corrected chi connectivity index (χ0v) is 19.6. The first-order valence-corrected chi connectivity index (χ1v) is 14.1. The van der Waals surface area contributed by atoms with Gasteiger partial charge in [0.15, 0.2) is 0 Å². The van der Waals surface area contributed by atoms with Gasteiger partial charge < -0.3 is 4.42 Å². The Morgan fingerprint density at radius 1 is 0.767 bits per heavy atom. The summed E-state index contributed by atoms with van der Waals surface area (Å²) in [5.41, 5.74) is 8.25. The molecule has 0 saturated carbocycles. The second kappa shape index (κ2) is 6.54. The Bertz CT molecular complexity index is 1450. The maximum Gasteiger partial charge on any atom is 0.214 e. The second-order valence-corrected chi connectivity index (χ2v) is 14.6. The van der Waals surface area contributed by atoms with Gasteiger partial charge in [-0.15, -0.1) is 0 Å². The van der Waals surface area contributed by atoms with Gasteiger partial charge in [-0.1, -0.05) is 55.2 Å². The Labute approximate surface area is 178 Å². The summed E-state index contributed by atoms with van der Waals surface area (Å²) in [6.45, 7) is 11.7. The lowest BCUT2D eigenvalue weighted by Gasteiger charge is -2.17. The van der Waals surface area contributed by atoms with Crippen molar-refractivity contribution in [3.8, 4) is 11.3 Å². The first kappa shape index (κ1) is 19.1. The highest BCUT2D eigenvalue weighted by Crippen LogP contribution is 2.38. The third kappa shape index (κ3) is 2.80. The van der Waals surface area contributed by atoms with E-state index < -0.39 is 8.07 Å². The van der Waals surface area contributed by atoms with Gasteiger partial charge in [-0.25, -0.2) is 0 Å². The van der Waals surface area contributed by atoms with Crippen molar-refractivity contribution in [2.45, 2.75) is 33.5 Å². The average Bonchev–Trinajstić information content (AvgIpc) is 3.09. The molecule has 0 N–H and O–H groups in total. The molecule has 0 bridgehead atoms. The Morgan fingerprint density at radius 3 is 2.30 bits per heavy atom. The summed E-state index contributed by atoms with van der Waals surface area (Å²) < 4.78 is 8.52. The zero-order chi connectivity index (χ0) is 21.2. The molecule has 3 heteroatoms. The molecule has 3 aromatic carbocycles. The highest BCUT2D eigenvalue weighted by atomic mass is 28.3. The molecule has 30 heavy (non-hydrogen) atoms. The van der Waals surface area contributed by atoms with E-state index in [1.54, 1.807) is 0 Å². The molecule has 0 saturated heterocycles. The second-order valence-electron chi connectivity index (χ2n) is 9.48. The van der Waals surface area contributed by atoms with Crippen LogP contribution in [0.15, 0.2) is 65.1 Å². The van der Waals surface area contributed by atoms with Gasteiger partial charge in [0, 0.05) is 28.3 Å². The van der Waals surface area contributed by atoms with E-state index in [-0.39, 0.29) is 0 Å². The first-order valence-electron chi connectivity index (χ1n) is 10.6. The van der Waals surface area contributed by atoms with E-state index in [2.05, 4.69) is 99.7 Å². The molecule has 2 heterocycles. The molecule has 0 aliphatic rings. The van der Waals surface area contributed by atoms with Crippen molar-refractivity contribution in [2.24, 2.45) is 7.05 Å². The van der Waals surface area contributed by atoms with E-state index in [0.29, 0.717) is 0 Å². The number of aryl methyl sites for hydroxylation is 3. The molecule has 150 valence electrons. The molecular formula is C27H28NOSi+. The molecular weight excluding hydrogens is 382 g/mol. The van der Waals surface area contributed by atoms with E-state index in [1.165, 1.54) is 49.2 Å². The summed E-state index contributed by atoms with van der Waals surface area (Å²) in [7, 11) is 0.830. The van der Waals surface area contributed by atoms with Crippen LogP contribution in [0.3, 0.4) is 0 Å². The maximum absolute atomic E-state index is 6.18. The number of fused-ring (bicyclic) bond motifs is 4. The number of rotatable bonds is 2. The lowest BCUT2D eigenvalue weighted by atomic mass is 9.96. The minimum absolute atomic E-state index is 0.944. The fraction of sp³-hybridized carbons (Fsp3) is 0.222. The molecule has 0 unspecified atom stereocenters. The predicted octanol–water partition coefficient (Wildman–Crippen LogP) is 6.39. The number of para-hydroxylation sites is 1. The van der Waals surface area contributed by atoms with Crippen LogP contribution in [0.1, 0.15) is 11.1 Å². The average molecular weight is 411 g/mol. The number of nitrogens with zero attached hydrogens (tertiary/aromatic N) is 1. The van der Waals surface area contributed by atoms with E-state index in [4.69, 9.17) is 4.42 Å². The molecule has 0 radical (unpaired) electrons. The lowest BCUT2D eigenvalue weighted by molar-refractivity contribution is -0.633. The monoisotopic (exact) mass is 410 g/mol. The molecule has 0 aliphatic carbocycles. The fourth-order valence-corrected chi connectivity index (χ4v) is 5.77. The van der Waals surface area contributed by atoms with Crippen molar-refractivity contribution in [2.75, 3.05) is 0 Å². The zero-order valence-electron chi connectivity index (χ0n) is 18.6. The van der Waals surface area contributed by atoms with Gasteiger partial charge >= 0.3 is 0 Å². The van der Waals surface area contributed by atoms with Crippen LogP contribution in [0.4, 0.5) is 0 Å². The van der Waals surface area contributed by atoms with Crippen molar-refractivity contribution >= 4 is 46.1 Å². The highest BCUT2D eigenvalue weighted by molar-refractivity contribution is 6.88. The summed E-state index contributed by atoms with van der Waals surface area (Å²) in [6.07, 6.45) is 0. The number of benzene rings is 3. The number of furan rings is 1. The van der Waals surface area contributed by atoms with Crippen molar-refractivity contribution in [3.63, 3.8) is 0 Å². The van der Waals surface area contributed by atoms with Crippen LogP contribution in [0, 0.1) is 13.8 Å². The number of hydrogen-bond donors (Lipinski definition) is 0. The van der Waals surface area contributed by atoms with E-state index in [0.717, 1.165) is 11.2 Å². The third-order valence-electron chi connectivity index (χ3n) is 6.37. The minimum atomic E-state index is -1.36. The molecule has 5 rings (SSSR count). The Hall–Kier alpha value is -2.91. The molecule has 2 aromatic heterocycles. The van der Waals surface area contributed by atoms with Gasteiger partial charge in [0.05, 0.1) is 13.6 Å². The quantitative estimate of drug-likeness (QED) is 0.243. The van der Waals surface area contributed by atoms with Crippen LogP contribution in [0.5, 0.6) is 0 Å². The van der Waals surface area contributed by atoms with Gasteiger partial charge in [0.25, 0.3) is 0 Å². The normalized spacial score (nSPS) is 12.3. The summed E-state index contributed by atoms with van der Waals surface area (Å²) in [5.74, 6) is 0. The summed E-state index contributed by atoms with van der Waals surface area (Å²) >= 11 is 0. The van der Waals surface area contributed by atoms with Gasteiger partial charge in [-0.2, -0.15) is 4.57 Å².